The quantitative estimate of drug-likeness (QED) is 0.330. The summed E-state index contributed by atoms with van der Waals surface area (Å²) in [5.74, 6) is 1.60. The van der Waals surface area contributed by atoms with Crippen molar-refractivity contribution >= 4 is 36.0 Å². The molecule has 0 radical (unpaired) electrons. The molecular weight excluding hydrogens is 475 g/mol. The van der Waals surface area contributed by atoms with Crippen LogP contribution in [0, 0.1) is 0 Å². The van der Waals surface area contributed by atoms with E-state index in [4.69, 9.17) is 9.47 Å². The molecule has 0 aliphatic carbocycles. The number of nitrogens with zero attached hydrogens (tertiary/aromatic N) is 2. The third-order valence-corrected chi connectivity index (χ3v) is 4.14. The number of carbonyl (C=O) groups excluding carboxylic acids is 1. The number of ether oxygens (including phenoxy) is 2. The van der Waals surface area contributed by atoms with Gasteiger partial charge in [0.1, 0.15) is 17.1 Å². The fourth-order valence-corrected chi connectivity index (χ4v) is 2.88. The van der Waals surface area contributed by atoms with E-state index in [9.17, 15) is 9.90 Å². The number of alkyl carbamates (subject to hydrolysis) is 1. The van der Waals surface area contributed by atoms with E-state index in [0.29, 0.717) is 24.8 Å². The van der Waals surface area contributed by atoms with Crippen molar-refractivity contribution in [3.05, 3.63) is 23.8 Å². The maximum atomic E-state index is 11.9. The van der Waals surface area contributed by atoms with Crippen molar-refractivity contribution < 1.29 is 19.4 Å². The lowest BCUT2D eigenvalue weighted by molar-refractivity contribution is 0.0507. The van der Waals surface area contributed by atoms with Crippen molar-refractivity contribution in [2.75, 3.05) is 27.2 Å². The van der Waals surface area contributed by atoms with Crippen LogP contribution in [0.5, 0.6) is 11.5 Å². The lowest BCUT2D eigenvalue weighted by Gasteiger charge is -2.23. The van der Waals surface area contributed by atoms with Gasteiger partial charge in [-0.1, -0.05) is 0 Å². The van der Waals surface area contributed by atoms with Gasteiger partial charge >= 0.3 is 6.09 Å². The summed E-state index contributed by atoms with van der Waals surface area (Å²) < 4.78 is 10.5. The second-order valence-corrected chi connectivity index (χ2v) is 7.47. The van der Waals surface area contributed by atoms with Crippen LogP contribution in [0.1, 0.15) is 32.8 Å². The first-order valence-electron chi connectivity index (χ1n) is 9.03. The number of methoxy groups -OCH3 is 1. The van der Waals surface area contributed by atoms with Crippen LogP contribution >= 0.6 is 24.0 Å². The first-order chi connectivity index (χ1) is 12.7. The van der Waals surface area contributed by atoms with Gasteiger partial charge in [0.05, 0.1) is 13.2 Å². The Morgan fingerprint density at radius 3 is 2.71 bits per heavy atom. The predicted molar refractivity (Wildman–Crippen MR) is 120 cm³/mol. The molecule has 3 N–H and O–H groups in total. The molecule has 1 saturated heterocycles. The van der Waals surface area contributed by atoms with Crippen molar-refractivity contribution in [2.45, 2.75) is 45.4 Å². The van der Waals surface area contributed by atoms with Gasteiger partial charge in [0, 0.05) is 32.2 Å². The molecule has 1 atom stereocenters. The Kier molecular flexibility index (Phi) is 9.12. The number of aromatic hydroxyl groups is 1. The highest BCUT2D eigenvalue weighted by atomic mass is 127. The lowest BCUT2D eigenvalue weighted by atomic mass is 10.2. The Balaban J connectivity index is 0.00000392. The van der Waals surface area contributed by atoms with E-state index in [2.05, 4.69) is 20.5 Å². The molecule has 1 aromatic rings. The van der Waals surface area contributed by atoms with Crippen LogP contribution in [0.25, 0.3) is 0 Å². The number of amides is 1. The smallest absolute Gasteiger partial charge is 0.407 e. The molecule has 2 rings (SSSR count). The highest BCUT2D eigenvalue weighted by molar-refractivity contribution is 14.0. The third kappa shape index (κ3) is 7.25. The summed E-state index contributed by atoms with van der Waals surface area (Å²) in [5.41, 5.74) is 0.205. The number of hydrogen-bond acceptors (Lipinski definition) is 5. The summed E-state index contributed by atoms with van der Waals surface area (Å²) in [7, 11) is 3.30. The average molecular weight is 506 g/mol. The highest BCUT2D eigenvalue weighted by Crippen LogP contribution is 2.22. The number of hydrogen-bond donors (Lipinski definition) is 3. The highest BCUT2D eigenvalue weighted by Gasteiger charge is 2.27. The minimum absolute atomic E-state index is 0. The lowest BCUT2D eigenvalue weighted by Crippen LogP contribution is -2.44. The van der Waals surface area contributed by atoms with Crippen molar-refractivity contribution in [2.24, 2.45) is 4.99 Å². The van der Waals surface area contributed by atoms with Crippen molar-refractivity contribution in [1.82, 2.24) is 15.5 Å². The van der Waals surface area contributed by atoms with E-state index in [-0.39, 0.29) is 35.8 Å². The van der Waals surface area contributed by atoms with E-state index < -0.39 is 11.7 Å². The zero-order chi connectivity index (χ0) is 20.0. The normalized spacial score (nSPS) is 17.0. The Labute approximate surface area is 183 Å². The van der Waals surface area contributed by atoms with Crippen molar-refractivity contribution in [3.8, 4) is 11.5 Å². The summed E-state index contributed by atoms with van der Waals surface area (Å²) in [4.78, 5) is 18.3. The first-order valence-corrected chi connectivity index (χ1v) is 9.03. The first kappa shape index (κ1) is 24.1. The van der Waals surface area contributed by atoms with Crippen LogP contribution in [-0.2, 0) is 11.3 Å². The van der Waals surface area contributed by atoms with Gasteiger partial charge in [-0.25, -0.2) is 4.79 Å². The molecule has 158 valence electrons. The Morgan fingerprint density at radius 2 is 2.11 bits per heavy atom. The molecule has 1 amide bonds. The predicted octanol–water partition coefficient (Wildman–Crippen LogP) is 2.69. The van der Waals surface area contributed by atoms with Crippen LogP contribution in [0.15, 0.2) is 23.2 Å². The SMILES string of the molecule is CN=C(NCc1cc(OC)ccc1O)N1CCC(NC(=O)OC(C)(C)C)C1.I. The van der Waals surface area contributed by atoms with Gasteiger partial charge in [-0.15, -0.1) is 24.0 Å². The van der Waals surface area contributed by atoms with Crippen molar-refractivity contribution in [1.29, 1.82) is 0 Å². The molecule has 28 heavy (non-hydrogen) atoms. The summed E-state index contributed by atoms with van der Waals surface area (Å²) in [6.45, 7) is 7.34. The summed E-state index contributed by atoms with van der Waals surface area (Å²) >= 11 is 0. The van der Waals surface area contributed by atoms with Crippen molar-refractivity contribution in [3.63, 3.8) is 0 Å². The Hall–Kier alpha value is -1.91. The number of aliphatic imine (C=N–C) groups is 1. The van der Waals surface area contributed by atoms with Crippen LogP contribution in [-0.4, -0.2) is 60.9 Å². The number of benzene rings is 1. The molecule has 8 nitrogen and oxygen atoms in total. The van der Waals surface area contributed by atoms with Crippen LogP contribution < -0.4 is 15.4 Å². The van der Waals surface area contributed by atoms with Gasteiger partial charge < -0.3 is 30.1 Å². The van der Waals surface area contributed by atoms with Gasteiger partial charge in [-0.2, -0.15) is 0 Å². The van der Waals surface area contributed by atoms with E-state index in [0.717, 1.165) is 18.5 Å². The fourth-order valence-electron chi connectivity index (χ4n) is 2.88. The Morgan fingerprint density at radius 1 is 1.39 bits per heavy atom. The molecule has 0 aromatic heterocycles. The molecule has 1 heterocycles. The van der Waals surface area contributed by atoms with Gasteiger partial charge in [0.25, 0.3) is 0 Å². The molecule has 1 unspecified atom stereocenters. The second-order valence-electron chi connectivity index (χ2n) is 7.47. The number of phenolic OH excluding ortho intramolecular Hbond substituents is 1. The Bertz CT molecular complexity index is 691. The molecule has 1 aliphatic heterocycles. The molecule has 0 spiro atoms. The molecule has 1 fully saturated rings. The van der Waals surface area contributed by atoms with Gasteiger partial charge in [0.2, 0.25) is 0 Å². The number of guanidine groups is 1. The minimum atomic E-state index is -0.515. The van der Waals surface area contributed by atoms with E-state index in [1.54, 1.807) is 32.4 Å². The molecule has 9 heteroatoms. The van der Waals surface area contributed by atoms with E-state index in [1.807, 2.05) is 20.8 Å². The van der Waals surface area contributed by atoms with E-state index in [1.165, 1.54) is 0 Å². The maximum absolute atomic E-state index is 11.9. The zero-order valence-electron chi connectivity index (χ0n) is 17.1. The van der Waals surface area contributed by atoms with E-state index >= 15 is 0 Å². The van der Waals surface area contributed by atoms with Crippen LogP contribution in [0.2, 0.25) is 0 Å². The number of nitrogens with one attached hydrogen (secondary N) is 2. The second kappa shape index (κ2) is 10.6. The molecule has 0 bridgehead atoms. The number of carbonyl (C=O) groups is 1. The molecule has 0 saturated carbocycles. The number of halogens is 1. The number of phenols is 1. The number of likely N-dealkylation sites (tertiary alicyclic amines) is 1. The fraction of sp³-hybridized carbons (Fsp3) is 0.579. The van der Waals surface area contributed by atoms with Gasteiger partial charge in [-0.05, 0) is 45.4 Å². The van der Waals surface area contributed by atoms with Crippen LogP contribution in [0.3, 0.4) is 0 Å². The summed E-state index contributed by atoms with van der Waals surface area (Å²) in [5, 5.41) is 16.2. The summed E-state index contributed by atoms with van der Waals surface area (Å²) in [6, 6.07) is 5.10. The topological polar surface area (TPSA) is 95.4 Å². The zero-order valence-corrected chi connectivity index (χ0v) is 19.4. The van der Waals surface area contributed by atoms with Gasteiger partial charge in [-0.3, -0.25) is 4.99 Å². The molecular formula is C19H31IN4O4. The standard InChI is InChI=1S/C19H30N4O4.HI/c1-19(2,3)27-18(25)22-14-8-9-23(12-14)17(20-4)21-11-13-10-15(26-5)6-7-16(13)24;/h6-7,10,14,24H,8-9,11-12H2,1-5H3,(H,20,21)(H,22,25);1H. The van der Waals surface area contributed by atoms with Gasteiger partial charge in [0.15, 0.2) is 5.96 Å². The maximum Gasteiger partial charge on any atom is 0.407 e. The minimum Gasteiger partial charge on any atom is -0.508 e. The average Bonchev–Trinajstić information content (AvgIpc) is 3.03. The largest absolute Gasteiger partial charge is 0.508 e. The summed E-state index contributed by atoms with van der Waals surface area (Å²) in [6.07, 6.45) is 0.406. The third-order valence-electron chi connectivity index (χ3n) is 4.14. The molecule has 1 aliphatic rings. The van der Waals surface area contributed by atoms with Crippen LogP contribution in [0.4, 0.5) is 4.79 Å². The molecule has 1 aromatic carbocycles. The monoisotopic (exact) mass is 506 g/mol. The number of rotatable bonds is 4.